The first-order valence-electron chi connectivity index (χ1n) is 8.69. The van der Waals surface area contributed by atoms with Crippen LogP contribution in [0.25, 0.3) is 0 Å². The minimum absolute atomic E-state index is 0.200. The molecule has 1 aromatic carbocycles. The van der Waals surface area contributed by atoms with Gasteiger partial charge in [-0.2, -0.15) is 4.31 Å². The van der Waals surface area contributed by atoms with E-state index >= 15 is 0 Å². The van der Waals surface area contributed by atoms with Crippen LogP contribution in [0.2, 0.25) is 0 Å². The lowest BCUT2D eigenvalue weighted by Gasteiger charge is -2.25. The van der Waals surface area contributed by atoms with Crippen LogP contribution in [0.4, 0.5) is 0 Å². The normalized spacial score (nSPS) is 17.3. The van der Waals surface area contributed by atoms with Crippen molar-refractivity contribution < 1.29 is 13.2 Å². The molecule has 0 spiro atoms. The molecule has 1 amide bonds. The number of benzene rings is 1. The summed E-state index contributed by atoms with van der Waals surface area (Å²) in [6.45, 7) is 7.01. The zero-order chi connectivity index (χ0) is 17.8. The number of amides is 1. The number of rotatable bonds is 5. The van der Waals surface area contributed by atoms with Crippen LogP contribution in [0.5, 0.6) is 0 Å². The zero-order valence-electron chi connectivity index (χ0n) is 14.8. The van der Waals surface area contributed by atoms with Gasteiger partial charge in [0.1, 0.15) is 0 Å². The van der Waals surface area contributed by atoms with E-state index in [1.807, 2.05) is 20.8 Å². The van der Waals surface area contributed by atoms with Crippen LogP contribution >= 0.6 is 0 Å². The van der Waals surface area contributed by atoms with Crippen molar-refractivity contribution in [2.45, 2.75) is 63.3 Å². The van der Waals surface area contributed by atoms with Gasteiger partial charge in [0.05, 0.1) is 4.90 Å². The zero-order valence-corrected chi connectivity index (χ0v) is 15.7. The second kappa shape index (κ2) is 7.66. The van der Waals surface area contributed by atoms with Crippen molar-refractivity contribution in [2.24, 2.45) is 0 Å². The third-order valence-corrected chi connectivity index (χ3v) is 6.53. The van der Waals surface area contributed by atoms with Crippen molar-refractivity contribution in [2.75, 3.05) is 13.1 Å². The highest BCUT2D eigenvalue weighted by Crippen LogP contribution is 2.21. The minimum atomic E-state index is -3.54. The molecule has 0 aromatic heterocycles. The van der Waals surface area contributed by atoms with E-state index in [2.05, 4.69) is 5.32 Å². The van der Waals surface area contributed by atoms with E-state index in [1.54, 1.807) is 22.5 Å². The lowest BCUT2D eigenvalue weighted by Crippen LogP contribution is -2.42. The highest BCUT2D eigenvalue weighted by molar-refractivity contribution is 7.89. The Kier molecular flexibility index (Phi) is 6.04. The van der Waals surface area contributed by atoms with Gasteiger partial charge in [-0.25, -0.2) is 8.42 Å². The van der Waals surface area contributed by atoms with E-state index in [1.165, 1.54) is 6.07 Å². The quantitative estimate of drug-likeness (QED) is 0.885. The standard InChI is InChI=1S/C18H28N2O3S/c1-4-18(2,3)19-17(21)15-10-9-11-16(14-15)24(22,23)20-12-7-5-6-8-13-20/h9-11,14H,4-8,12-13H2,1-3H3,(H,19,21). The highest BCUT2D eigenvalue weighted by atomic mass is 32.2. The summed E-state index contributed by atoms with van der Waals surface area (Å²) in [5.74, 6) is -0.241. The van der Waals surface area contributed by atoms with Gasteiger partial charge in [0.2, 0.25) is 10.0 Å². The Balaban J connectivity index is 2.24. The molecule has 0 bridgehead atoms. The summed E-state index contributed by atoms with van der Waals surface area (Å²) in [6.07, 6.45) is 4.72. The third kappa shape index (κ3) is 4.57. The number of carbonyl (C=O) groups excluding carboxylic acids is 1. The molecule has 6 heteroatoms. The number of nitrogens with zero attached hydrogens (tertiary/aromatic N) is 1. The number of carbonyl (C=O) groups is 1. The molecule has 1 aliphatic rings. The fraction of sp³-hybridized carbons (Fsp3) is 0.611. The number of nitrogens with one attached hydrogen (secondary N) is 1. The maximum absolute atomic E-state index is 12.9. The average Bonchev–Trinajstić information content (AvgIpc) is 2.84. The van der Waals surface area contributed by atoms with Gasteiger partial charge < -0.3 is 5.32 Å². The van der Waals surface area contributed by atoms with Crippen LogP contribution in [-0.4, -0.2) is 37.3 Å². The molecule has 1 fully saturated rings. The van der Waals surface area contributed by atoms with Crippen LogP contribution in [0, 0.1) is 0 Å². The van der Waals surface area contributed by atoms with Gasteiger partial charge in [-0.1, -0.05) is 25.8 Å². The molecule has 0 aliphatic carbocycles. The van der Waals surface area contributed by atoms with Crippen molar-refractivity contribution in [3.8, 4) is 0 Å². The molecular weight excluding hydrogens is 324 g/mol. The fourth-order valence-corrected chi connectivity index (χ4v) is 4.26. The largest absolute Gasteiger partial charge is 0.347 e. The lowest BCUT2D eigenvalue weighted by atomic mass is 10.0. The highest BCUT2D eigenvalue weighted by Gasteiger charge is 2.26. The molecular formula is C18H28N2O3S. The molecule has 1 aliphatic heterocycles. The van der Waals surface area contributed by atoms with Crippen LogP contribution in [0.3, 0.4) is 0 Å². The van der Waals surface area contributed by atoms with Crippen LogP contribution in [0.1, 0.15) is 63.2 Å². The van der Waals surface area contributed by atoms with Crippen LogP contribution in [-0.2, 0) is 10.0 Å². The molecule has 1 saturated heterocycles. The molecule has 24 heavy (non-hydrogen) atoms. The number of hydrogen-bond donors (Lipinski definition) is 1. The summed E-state index contributed by atoms with van der Waals surface area (Å²) < 4.78 is 27.2. The van der Waals surface area contributed by atoms with Crippen molar-refractivity contribution in [1.29, 1.82) is 0 Å². The molecule has 2 rings (SSSR count). The fourth-order valence-electron chi connectivity index (χ4n) is 2.70. The van der Waals surface area contributed by atoms with E-state index in [4.69, 9.17) is 0 Å². The topological polar surface area (TPSA) is 66.5 Å². The van der Waals surface area contributed by atoms with E-state index < -0.39 is 10.0 Å². The van der Waals surface area contributed by atoms with Gasteiger partial charge in [-0.15, -0.1) is 0 Å². The van der Waals surface area contributed by atoms with Gasteiger partial charge in [0, 0.05) is 24.2 Å². The Labute approximate surface area is 145 Å². The summed E-state index contributed by atoms with van der Waals surface area (Å²) in [7, 11) is -3.54. The number of hydrogen-bond acceptors (Lipinski definition) is 3. The molecule has 1 aromatic rings. The van der Waals surface area contributed by atoms with Gasteiger partial charge in [-0.3, -0.25) is 4.79 Å². The summed E-state index contributed by atoms with van der Waals surface area (Å²) in [5, 5.41) is 2.94. The Bertz CT molecular complexity index is 675. The van der Waals surface area contributed by atoms with Crippen molar-refractivity contribution in [3.05, 3.63) is 29.8 Å². The molecule has 0 unspecified atom stereocenters. The first-order valence-corrected chi connectivity index (χ1v) is 10.1. The van der Waals surface area contributed by atoms with E-state index in [-0.39, 0.29) is 16.3 Å². The predicted molar refractivity (Wildman–Crippen MR) is 95.5 cm³/mol. The average molecular weight is 353 g/mol. The first-order chi connectivity index (χ1) is 11.3. The van der Waals surface area contributed by atoms with Gasteiger partial charge in [-0.05, 0) is 51.3 Å². The smallest absolute Gasteiger partial charge is 0.251 e. The monoisotopic (exact) mass is 352 g/mol. The molecule has 1 heterocycles. The molecule has 0 atom stereocenters. The number of sulfonamides is 1. The Morgan fingerprint density at radius 1 is 1.17 bits per heavy atom. The van der Waals surface area contributed by atoms with Crippen LogP contribution in [0.15, 0.2) is 29.2 Å². The summed E-state index contributed by atoms with van der Waals surface area (Å²) in [6, 6.07) is 6.35. The van der Waals surface area contributed by atoms with Gasteiger partial charge in [0.15, 0.2) is 0 Å². The minimum Gasteiger partial charge on any atom is -0.347 e. The Morgan fingerprint density at radius 2 is 1.79 bits per heavy atom. The van der Waals surface area contributed by atoms with Gasteiger partial charge >= 0.3 is 0 Å². The van der Waals surface area contributed by atoms with E-state index in [0.29, 0.717) is 18.7 Å². The van der Waals surface area contributed by atoms with Crippen molar-refractivity contribution in [3.63, 3.8) is 0 Å². The second-order valence-electron chi connectivity index (χ2n) is 7.04. The van der Waals surface area contributed by atoms with Crippen molar-refractivity contribution in [1.82, 2.24) is 9.62 Å². The molecule has 134 valence electrons. The van der Waals surface area contributed by atoms with Gasteiger partial charge in [0.25, 0.3) is 5.91 Å². The SMILES string of the molecule is CCC(C)(C)NC(=O)c1cccc(S(=O)(=O)N2CCCCCC2)c1. The molecule has 0 radical (unpaired) electrons. The first kappa shape index (κ1) is 18.9. The molecule has 0 saturated carbocycles. The van der Waals surface area contributed by atoms with Crippen molar-refractivity contribution >= 4 is 15.9 Å². The third-order valence-electron chi connectivity index (χ3n) is 4.63. The van der Waals surface area contributed by atoms with Crippen LogP contribution < -0.4 is 5.32 Å². The maximum atomic E-state index is 12.9. The Morgan fingerprint density at radius 3 is 2.38 bits per heavy atom. The summed E-state index contributed by atoms with van der Waals surface area (Å²) >= 11 is 0. The predicted octanol–water partition coefficient (Wildman–Crippen LogP) is 3.17. The second-order valence-corrected chi connectivity index (χ2v) is 8.98. The van der Waals surface area contributed by atoms with E-state index in [0.717, 1.165) is 32.1 Å². The lowest BCUT2D eigenvalue weighted by molar-refractivity contribution is 0.0911. The summed E-state index contributed by atoms with van der Waals surface area (Å²) in [5.41, 5.74) is 0.0592. The summed E-state index contributed by atoms with van der Waals surface area (Å²) in [4.78, 5) is 12.6. The Hall–Kier alpha value is -1.40. The molecule has 1 N–H and O–H groups in total. The maximum Gasteiger partial charge on any atom is 0.251 e. The van der Waals surface area contributed by atoms with E-state index in [9.17, 15) is 13.2 Å². The molecule has 5 nitrogen and oxygen atoms in total.